The average Bonchev–Trinajstić information content (AvgIpc) is 2.90. The first-order valence-electron chi connectivity index (χ1n) is 7.11. The Bertz CT molecular complexity index is 567. The molecule has 1 aliphatic heterocycles. The monoisotopic (exact) mass is 279 g/mol. The van der Waals surface area contributed by atoms with Gasteiger partial charge < -0.3 is 5.32 Å². The zero-order chi connectivity index (χ0) is 13.5. The minimum Gasteiger partial charge on any atom is -0.309 e. The number of nitrogens with one attached hydrogen (secondary N) is 1. The summed E-state index contributed by atoms with van der Waals surface area (Å²) in [6.45, 7) is 3.24. The first kappa shape index (κ1) is 13.1. The number of hydrogen-bond acceptors (Lipinski definition) is 3. The van der Waals surface area contributed by atoms with Gasteiger partial charge >= 0.3 is 0 Å². The van der Waals surface area contributed by atoms with E-state index >= 15 is 0 Å². The van der Waals surface area contributed by atoms with Gasteiger partial charge in [0.2, 0.25) is 0 Å². The lowest BCUT2D eigenvalue weighted by Crippen LogP contribution is -2.27. The SMILES string of the molecule is CC1CCC(CNC2CS(=O)(=O)c3ccccc32)C1. The summed E-state index contributed by atoms with van der Waals surface area (Å²) >= 11 is 0. The number of fused-ring (bicyclic) bond motifs is 1. The van der Waals surface area contributed by atoms with Gasteiger partial charge in [0.25, 0.3) is 0 Å². The van der Waals surface area contributed by atoms with Crippen molar-refractivity contribution in [2.75, 3.05) is 12.3 Å². The molecule has 19 heavy (non-hydrogen) atoms. The molecule has 1 aromatic rings. The highest BCUT2D eigenvalue weighted by Gasteiger charge is 2.34. The Morgan fingerprint density at radius 1 is 1.26 bits per heavy atom. The van der Waals surface area contributed by atoms with E-state index in [1.54, 1.807) is 12.1 Å². The van der Waals surface area contributed by atoms with Crippen molar-refractivity contribution in [3.8, 4) is 0 Å². The molecule has 0 spiro atoms. The molecule has 104 valence electrons. The summed E-state index contributed by atoms with van der Waals surface area (Å²) in [5, 5.41) is 3.48. The lowest BCUT2D eigenvalue weighted by Gasteiger charge is -2.16. The van der Waals surface area contributed by atoms with Crippen LogP contribution in [0.1, 0.15) is 37.8 Å². The Labute approximate surface area is 115 Å². The molecule has 0 bridgehead atoms. The Balaban J connectivity index is 1.70. The fraction of sp³-hybridized carbons (Fsp3) is 0.600. The summed E-state index contributed by atoms with van der Waals surface area (Å²) in [5.74, 6) is 1.76. The van der Waals surface area contributed by atoms with E-state index in [1.165, 1.54) is 19.3 Å². The lowest BCUT2D eigenvalue weighted by molar-refractivity contribution is 0.442. The van der Waals surface area contributed by atoms with E-state index in [0.717, 1.165) is 18.0 Å². The van der Waals surface area contributed by atoms with Crippen LogP contribution in [0.4, 0.5) is 0 Å². The third-order valence-electron chi connectivity index (χ3n) is 4.47. The number of sulfone groups is 1. The Hall–Kier alpha value is -0.870. The third kappa shape index (κ3) is 2.56. The van der Waals surface area contributed by atoms with Crippen LogP contribution in [-0.4, -0.2) is 20.7 Å². The van der Waals surface area contributed by atoms with Crippen LogP contribution in [0, 0.1) is 11.8 Å². The van der Waals surface area contributed by atoms with E-state index < -0.39 is 9.84 Å². The van der Waals surface area contributed by atoms with Crippen molar-refractivity contribution < 1.29 is 8.42 Å². The number of hydrogen-bond donors (Lipinski definition) is 1. The van der Waals surface area contributed by atoms with Crippen molar-refractivity contribution in [1.29, 1.82) is 0 Å². The third-order valence-corrected chi connectivity index (χ3v) is 6.29. The van der Waals surface area contributed by atoms with E-state index in [1.807, 2.05) is 12.1 Å². The largest absolute Gasteiger partial charge is 0.309 e. The first-order chi connectivity index (χ1) is 9.06. The van der Waals surface area contributed by atoms with Crippen LogP contribution in [0.15, 0.2) is 29.2 Å². The summed E-state index contributed by atoms with van der Waals surface area (Å²) in [6.07, 6.45) is 3.86. The quantitative estimate of drug-likeness (QED) is 0.925. The summed E-state index contributed by atoms with van der Waals surface area (Å²) in [4.78, 5) is 0.521. The minimum absolute atomic E-state index is 0.0166. The van der Waals surface area contributed by atoms with E-state index in [9.17, 15) is 8.42 Å². The average molecular weight is 279 g/mol. The van der Waals surface area contributed by atoms with Crippen LogP contribution in [0.5, 0.6) is 0 Å². The molecule has 1 aliphatic carbocycles. The molecule has 0 aromatic heterocycles. The van der Waals surface area contributed by atoms with Crippen molar-refractivity contribution in [3.63, 3.8) is 0 Å². The van der Waals surface area contributed by atoms with Gasteiger partial charge in [0.05, 0.1) is 10.6 Å². The van der Waals surface area contributed by atoms with E-state index in [0.29, 0.717) is 10.8 Å². The Kier molecular flexibility index (Phi) is 3.39. The summed E-state index contributed by atoms with van der Waals surface area (Å²) in [5.41, 5.74) is 0.952. The molecule has 3 rings (SSSR count). The van der Waals surface area contributed by atoms with Crippen LogP contribution < -0.4 is 5.32 Å². The highest BCUT2D eigenvalue weighted by atomic mass is 32.2. The lowest BCUT2D eigenvalue weighted by atomic mass is 10.0. The molecule has 4 heteroatoms. The molecule has 1 fully saturated rings. The molecule has 1 aromatic carbocycles. The van der Waals surface area contributed by atoms with E-state index in [2.05, 4.69) is 12.2 Å². The Morgan fingerprint density at radius 3 is 2.79 bits per heavy atom. The topological polar surface area (TPSA) is 46.2 Å². The molecule has 1 heterocycles. The molecule has 1 N–H and O–H groups in total. The molecule has 2 aliphatic rings. The Morgan fingerprint density at radius 2 is 2.05 bits per heavy atom. The standard InChI is InChI=1S/C15H21NO2S/c1-11-6-7-12(8-11)9-16-14-10-19(17,18)15-5-3-2-4-13(14)15/h2-5,11-12,14,16H,6-10H2,1H3. The van der Waals surface area contributed by atoms with Gasteiger partial charge in [0.15, 0.2) is 9.84 Å². The fourth-order valence-corrected chi connectivity index (χ4v) is 5.21. The van der Waals surface area contributed by atoms with Gasteiger partial charge in [-0.2, -0.15) is 0 Å². The summed E-state index contributed by atoms with van der Waals surface area (Å²) in [6, 6.07) is 7.37. The predicted octanol–water partition coefficient (Wildman–Crippen LogP) is 2.54. The smallest absolute Gasteiger partial charge is 0.180 e. The molecule has 0 saturated heterocycles. The van der Waals surface area contributed by atoms with Gasteiger partial charge in [-0.1, -0.05) is 31.5 Å². The van der Waals surface area contributed by atoms with Crippen LogP contribution in [0.3, 0.4) is 0 Å². The summed E-state index contributed by atoms with van der Waals surface area (Å²) in [7, 11) is -3.07. The second-order valence-corrected chi connectivity index (χ2v) is 8.07. The molecule has 3 unspecified atom stereocenters. The van der Waals surface area contributed by atoms with Crippen molar-refractivity contribution in [2.24, 2.45) is 11.8 Å². The maximum atomic E-state index is 12.1. The highest BCUT2D eigenvalue weighted by Crippen LogP contribution is 2.34. The van der Waals surface area contributed by atoms with Crippen LogP contribution in [0.2, 0.25) is 0 Å². The normalized spacial score (nSPS) is 32.4. The predicted molar refractivity (Wildman–Crippen MR) is 75.7 cm³/mol. The van der Waals surface area contributed by atoms with Gasteiger partial charge in [0, 0.05) is 6.04 Å². The van der Waals surface area contributed by atoms with Gasteiger partial charge in [-0.3, -0.25) is 0 Å². The van der Waals surface area contributed by atoms with Crippen molar-refractivity contribution in [2.45, 2.75) is 37.1 Å². The van der Waals surface area contributed by atoms with Crippen LogP contribution in [0.25, 0.3) is 0 Å². The zero-order valence-electron chi connectivity index (χ0n) is 11.3. The van der Waals surface area contributed by atoms with Gasteiger partial charge in [0.1, 0.15) is 0 Å². The maximum absolute atomic E-state index is 12.1. The van der Waals surface area contributed by atoms with Gasteiger partial charge in [-0.05, 0) is 42.9 Å². The molecule has 0 radical (unpaired) electrons. The van der Waals surface area contributed by atoms with Crippen LogP contribution >= 0.6 is 0 Å². The molecule has 3 atom stereocenters. The van der Waals surface area contributed by atoms with Crippen molar-refractivity contribution in [1.82, 2.24) is 5.32 Å². The van der Waals surface area contributed by atoms with Gasteiger partial charge in [-0.15, -0.1) is 0 Å². The molecule has 0 amide bonds. The second kappa shape index (κ2) is 4.91. The van der Waals surface area contributed by atoms with E-state index in [4.69, 9.17) is 0 Å². The number of benzene rings is 1. The maximum Gasteiger partial charge on any atom is 0.180 e. The summed E-state index contributed by atoms with van der Waals surface area (Å²) < 4.78 is 24.1. The second-order valence-electron chi connectivity index (χ2n) is 6.06. The van der Waals surface area contributed by atoms with Crippen LogP contribution in [-0.2, 0) is 9.84 Å². The molecular weight excluding hydrogens is 258 g/mol. The van der Waals surface area contributed by atoms with Crippen molar-refractivity contribution in [3.05, 3.63) is 29.8 Å². The first-order valence-corrected chi connectivity index (χ1v) is 8.76. The fourth-order valence-electron chi connectivity index (χ4n) is 3.44. The highest BCUT2D eigenvalue weighted by molar-refractivity contribution is 7.91. The van der Waals surface area contributed by atoms with Gasteiger partial charge in [-0.25, -0.2) is 8.42 Å². The van der Waals surface area contributed by atoms with E-state index in [-0.39, 0.29) is 11.8 Å². The minimum atomic E-state index is -3.07. The molecule has 3 nitrogen and oxygen atoms in total. The number of rotatable bonds is 3. The molecular formula is C15H21NO2S. The zero-order valence-corrected chi connectivity index (χ0v) is 12.1. The molecule has 1 saturated carbocycles. The van der Waals surface area contributed by atoms with Crippen molar-refractivity contribution >= 4 is 9.84 Å².